The lowest BCUT2D eigenvalue weighted by Gasteiger charge is -2.24. The lowest BCUT2D eigenvalue weighted by atomic mass is 10.1. The maximum Gasteiger partial charge on any atom is 0.224 e. The molecule has 0 saturated carbocycles. The predicted octanol–water partition coefficient (Wildman–Crippen LogP) is 1.29. The van der Waals surface area contributed by atoms with Gasteiger partial charge in [-0.15, -0.1) is 24.8 Å². The van der Waals surface area contributed by atoms with Crippen molar-refractivity contribution in [2.75, 3.05) is 32.7 Å². The first-order valence-corrected chi connectivity index (χ1v) is 6.40. The number of nitrogens with zero attached hydrogens (tertiary/aromatic N) is 1. The average molecular weight is 300 g/mol. The zero-order valence-corrected chi connectivity index (χ0v) is 13.2. The first-order valence-electron chi connectivity index (χ1n) is 6.40. The topological polar surface area (TPSA) is 44.4 Å². The number of halogens is 2. The molecule has 0 spiro atoms. The number of likely N-dealkylation sites (N-methyl/N-ethyl adjacent to an activating group) is 1. The highest BCUT2D eigenvalue weighted by atomic mass is 35.5. The quantitative estimate of drug-likeness (QED) is 0.777. The minimum absolute atomic E-state index is 0. The maximum atomic E-state index is 11.8. The maximum absolute atomic E-state index is 11.8. The molecule has 1 saturated heterocycles. The van der Waals surface area contributed by atoms with E-state index in [-0.39, 0.29) is 42.7 Å². The van der Waals surface area contributed by atoms with E-state index in [4.69, 9.17) is 0 Å². The Morgan fingerprint density at radius 1 is 1.39 bits per heavy atom. The van der Waals surface area contributed by atoms with Crippen LogP contribution in [0.5, 0.6) is 0 Å². The van der Waals surface area contributed by atoms with E-state index in [0.717, 1.165) is 39.1 Å². The van der Waals surface area contributed by atoms with Crippen LogP contribution in [0.2, 0.25) is 0 Å². The largest absolute Gasteiger partial charge is 0.352 e. The lowest BCUT2D eigenvalue weighted by molar-refractivity contribution is -0.125. The third-order valence-corrected chi connectivity index (χ3v) is 3.25. The van der Waals surface area contributed by atoms with Crippen molar-refractivity contribution in [3.05, 3.63) is 0 Å². The summed E-state index contributed by atoms with van der Waals surface area (Å²) in [6.45, 7) is 11.2. The van der Waals surface area contributed by atoms with Crippen LogP contribution in [0.25, 0.3) is 0 Å². The van der Waals surface area contributed by atoms with Crippen molar-refractivity contribution in [2.45, 2.75) is 33.2 Å². The third kappa shape index (κ3) is 6.78. The Morgan fingerprint density at radius 2 is 2.00 bits per heavy atom. The van der Waals surface area contributed by atoms with Crippen molar-refractivity contribution in [1.82, 2.24) is 15.5 Å². The van der Waals surface area contributed by atoms with Crippen LogP contribution in [0, 0.1) is 5.92 Å². The van der Waals surface area contributed by atoms with E-state index in [1.165, 1.54) is 0 Å². The Labute approximate surface area is 123 Å². The first-order chi connectivity index (χ1) is 7.67. The van der Waals surface area contributed by atoms with Gasteiger partial charge in [-0.25, -0.2) is 0 Å². The summed E-state index contributed by atoms with van der Waals surface area (Å²) < 4.78 is 0. The molecule has 18 heavy (non-hydrogen) atoms. The van der Waals surface area contributed by atoms with Crippen molar-refractivity contribution in [1.29, 1.82) is 0 Å². The number of amides is 1. The smallest absolute Gasteiger partial charge is 0.224 e. The van der Waals surface area contributed by atoms with Gasteiger partial charge in [-0.1, -0.05) is 13.8 Å². The van der Waals surface area contributed by atoms with Gasteiger partial charge in [0.1, 0.15) is 0 Å². The summed E-state index contributed by atoms with van der Waals surface area (Å²) in [6, 6.07) is 0.244. The molecule has 2 unspecified atom stereocenters. The van der Waals surface area contributed by atoms with Crippen molar-refractivity contribution < 1.29 is 4.79 Å². The Hall–Kier alpha value is -0.0300. The molecule has 110 valence electrons. The summed E-state index contributed by atoms with van der Waals surface area (Å²) in [6.07, 6.45) is 0.976. The van der Waals surface area contributed by atoms with E-state index in [2.05, 4.69) is 36.3 Å². The molecule has 1 fully saturated rings. The molecule has 1 heterocycles. The number of hydrogen-bond acceptors (Lipinski definition) is 3. The van der Waals surface area contributed by atoms with Crippen molar-refractivity contribution in [3.8, 4) is 0 Å². The van der Waals surface area contributed by atoms with Gasteiger partial charge in [-0.3, -0.25) is 4.79 Å². The number of rotatable bonds is 6. The molecule has 2 atom stereocenters. The highest BCUT2D eigenvalue weighted by Crippen LogP contribution is 2.07. The number of carbonyl (C=O) groups excluding carboxylic acids is 1. The Bertz CT molecular complexity index is 219. The SMILES string of the molecule is CCN(CC)CC(C)NC(=O)C1CCNC1.Cl.Cl. The van der Waals surface area contributed by atoms with Gasteiger partial charge in [-0.2, -0.15) is 0 Å². The Balaban J connectivity index is 0. The van der Waals surface area contributed by atoms with Crippen molar-refractivity contribution >= 4 is 30.7 Å². The molecule has 1 amide bonds. The van der Waals surface area contributed by atoms with Gasteiger partial charge in [-0.05, 0) is 33.0 Å². The molecule has 4 nitrogen and oxygen atoms in total. The van der Waals surface area contributed by atoms with Gasteiger partial charge in [0, 0.05) is 19.1 Å². The molecule has 6 heteroatoms. The molecule has 0 aromatic carbocycles. The summed E-state index contributed by atoms with van der Waals surface area (Å²) >= 11 is 0. The van der Waals surface area contributed by atoms with E-state index >= 15 is 0 Å². The molecule has 1 rings (SSSR count). The predicted molar refractivity (Wildman–Crippen MR) is 80.9 cm³/mol. The fraction of sp³-hybridized carbons (Fsp3) is 0.917. The Kier molecular flexibility index (Phi) is 12.2. The van der Waals surface area contributed by atoms with E-state index in [1.807, 2.05) is 0 Å². The second-order valence-corrected chi connectivity index (χ2v) is 4.59. The average Bonchev–Trinajstić information content (AvgIpc) is 2.79. The summed E-state index contributed by atoms with van der Waals surface area (Å²) in [4.78, 5) is 14.2. The molecule has 0 radical (unpaired) electrons. The monoisotopic (exact) mass is 299 g/mol. The fourth-order valence-electron chi connectivity index (χ4n) is 2.15. The van der Waals surface area contributed by atoms with Gasteiger partial charge in [0.2, 0.25) is 5.91 Å². The van der Waals surface area contributed by atoms with Crippen LogP contribution in [0.3, 0.4) is 0 Å². The fourth-order valence-corrected chi connectivity index (χ4v) is 2.15. The summed E-state index contributed by atoms with van der Waals surface area (Å²) in [5.41, 5.74) is 0. The van der Waals surface area contributed by atoms with Crippen molar-refractivity contribution in [3.63, 3.8) is 0 Å². The molecule has 0 aromatic rings. The second kappa shape index (κ2) is 10.9. The van der Waals surface area contributed by atoms with Gasteiger partial charge < -0.3 is 15.5 Å². The summed E-state index contributed by atoms with van der Waals surface area (Å²) in [5, 5.41) is 6.32. The van der Waals surface area contributed by atoms with Gasteiger partial charge in [0.05, 0.1) is 5.92 Å². The first kappa shape index (κ1) is 20.3. The molecular formula is C12H27Cl2N3O. The molecule has 1 aliphatic rings. The lowest BCUT2D eigenvalue weighted by Crippen LogP contribution is -2.44. The number of hydrogen-bond donors (Lipinski definition) is 2. The zero-order valence-electron chi connectivity index (χ0n) is 11.6. The molecule has 2 N–H and O–H groups in total. The van der Waals surface area contributed by atoms with Crippen molar-refractivity contribution in [2.24, 2.45) is 5.92 Å². The van der Waals surface area contributed by atoms with Crippen LogP contribution in [0.15, 0.2) is 0 Å². The van der Waals surface area contributed by atoms with E-state index in [1.54, 1.807) is 0 Å². The zero-order chi connectivity index (χ0) is 12.0. The number of carbonyl (C=O) groups is 1. The molecule has 0 bridgehead atoms. The highest BCUT2D eigenvalue weighted by Gasteiger charge is 2.23. The summed E-state index contributed by atoms with van der Waals surface area (Å²) in [7, 11) is 0. The molecule has 0 aliphatic carbocycles. The van der Waals surface area contributed by atoms with Gasteiger partial charge in [0.15, 0.2) is 0 Å². The van der Waals surface area contributed by atoms with Gasteiger partial charge >= 0.3 is 0 Å². The van der Waals surface area contributed by atoms with Crippen LogP contribution in [0.4, 0.5) is 0 Å². The van der Waals surface area contributed by atoms with Crippen LogP contribution >= 0.6 is 24.8 Å². The van der Waals surface area contributed by atoms with E-state index < -0.39 is 0 Å². The molecule has 0 aromatic heterocycles. The summed E-state index contributed by atoms with van der Waals surface area (Å²) in [5.74, 6) is 0.392. The third-order valence-electron chi connectivity index (χ3n) is 3.25. The van der Waals surface area contributed by atoms with Crippen LogP contribution in [0.1, 0.15) is 27.2 Å². The second-order valence-electron chi connectivity index (χ2n) is 4.59. The number of nitrogens with one attached hydrogen (secondary N) is 2. The minimum atomic E-state index is 0. The normalized spacial score (nSPS) is 19.9. The van der Waals surface area contributed by atoms with E-state index in [0.29, 0.717) is 0 Å². The molecular weight excluding hydrogens is 273 g/mol. The molecule has 1 aliphatic heterocycles. The standard InChI is InChI=1S/C12H25N3O.2ClH/c1-4-15(5-2)9-10(3)14-12(16)11-6-7-13-8-11;;/h10-11,13H,4-9H2,1-3H3,(H,14,16);2*1H. The van der Waals surface area contributed by atoms with E-state index in [9.17, 15) is 4.79 Å². The van der Waals surface area contributed by atoms with Crippen LogP contribution in [-0.2, 0) is 4.79 Å². The minimum Gasteiger partial charge on any atom is -0.352 e. The highest BCUT2D eigenvalue weighted by molar-refractivity contribution is 5.85. The van der Waals surface area contributed by atoms with Crippen LogP contribution < -0.4 is 10.6 Å². The van der Waals surface area contributed by atoms with Crippen LogP contribution in [-0.4, -0.2) is 49.6 Å². The van der Waals surface area contributed by atoms with Gasteiger partial charge in [0.25, 0.3) is 0 Å². The Morgan fingerprint density at radius 3 is 2.44 bits per heavy atom.